The van der Waals surface area contributed by atoms with Gasteiger partial charge >= 0.3 is 11.9 Å². The summed E-state index contributed by atoms with van der Waals surface area (Å²) in [5.74, 6) is -1.04. The number of aliphatic imine (C=N–C) groups is 2. The molecule has 15 nitrogen and oxygen atoms in total. The van der Waals surface area contributed by atoms with Crippen molar-refractivity contribution in [3.8, 4) is 5.75 Å². The van der Waals surface area contributed by atoms with Crippen LogP contribution in [0.3, 0.4) is 0 Å². The number of anilines is 1. The van der Waals surface area contributed by atoms with Crippen molar-refractivity contribution < 1.29 is 66.8 Å². The third kappa shape index (κ3) is 12.0. The van der Waals surface area contributed by atoms with Gasteiger partial charge in [-0.3, -0.25) is 19.2 Å². The van der Waals surface area contributed by atoms with Gasteiger partial charge in [-0.05, 0) is 124 Å². The summed E-state index contributed by atoms with van der Waals surface area (Å²) in [4.78, 5) is 65.3. The van der Waals surface area contributed by atoms with Crippen LogP contribution in [0.5, 0.6) is 5.75 Å². The standard InChI is InChI=1S/C40H58N5O8S.C2H4O2.Zn/c1-19-15-21(3)30(22(4)16-19)39(48)52-34-26(8)32(41-36(34)43-38(47)28(10)44-54(11,50)51)25(7)33-27(9)35(37(42-33)45-14-12-13-29(45)46)53-40(49)31-23(5)17-20(2)18-24(31)6;1-2(3)4;/h19-24,28,30-31,44H,12-18H2,1-11H3,(H-,41,42,43,47);1H3,(H,3,4);/q-1;;. The van der Waals surface area contributed by atoms with E-state index in [1.807, 2.05) is 13.8 Å². The molecule has 17 heteroatoms. The topological polar surface area (TPSA) is 215 Å². The van der Waals surface area contributed by atoms with Crippen LogP contribution in [0.1, 0.15) is 119 Å². The number of carbonyl (C=O) groups is 4. The molecule has 5 atom stereocenters. The van der Waals surface area contributed by atoms with Gasteiger partial charge in [0, 0.05) is 38.4 Å². The van der Waals surface area contributed by atoms with Crippen LogP contribution in [0.4, 0.5) is 5.82 Å². The summed E-state index contributed by atoms with van der Waals surface area (Å²) in [6.45, 7) is 20.9. The van der Waals surface area contributed by atoms with E-state index in [0.717, 1.165) is 38.9 Å². The Hall–Kier alpha value is -3.69. The molecule has 3 fully saturated rings. The predicted octanol–water partition coefficient (Wildman–Crippen LogP) is 6.56. The second-order valence-electron chi connectivity index (χ2n) is 17.3. The number of sulfonamides is 1. The van der Waals surface area contributed by atoms with Crippen LogP contribution in [0, 0.1) is 54.3 Å². The molecule has 5 unspecified atom stereocenters. The quantitative estimate of drug-likeness (QED) is 0.104. The average molecular weight is 894 g/mol. The Morgan fingerprint density at radius 3 is 1.81 bits per heavy atom. The maximum atomic E-state index is 13.9. The number of aliphatic hydroxyl groups is 1. The maximum Gasteiger partial charge on any atom is 0.315 e. The van der Waals surface area contributed by atoms with Gasteiger partial charge in [-0.25, -0.2) is 18.1 Å². The van der Waals surface area contributed by atoms with Crippen LogP contribution in [-0.2, 0) is 53.4 Å². The molecule has 0 aromatic carbocycles. The van der Waals surface area contributed by atoms with Gasteiger partial charge in [0.25, 0.3) is 5.97 Å². The second-order valence-corrected chi connectivity index (χ2v) is 19.1. The van der Waals surface area contributed by atoms with Gasteiger partial charge in [0.15, 0.2) is 11.6 Å². The minimum atomic E-state index is -3.69. The number of nitrogens with zero attached hydrogens (tertiary/aromatic N) is 4. The molecule has 3 N–H and O–H groups in total. The summed E-state index contributed by atoms with van der Waals surface area (Å²) in [6.07, 6.45) is 5.60. The molecular weight excluding hydrogens is 832 g/mol. The average Bonchev–Trinajstić information content (AvgIpc) is 3.73. The minimum absolute atomic E-state index is 0. The van der Waals surface area contributed by atoms with Gasteiger partial charge in [0.1, 0.15) is 11.7 Å². The fourth-order valence-corrected chi connectivity index (χ4v) is 10.3. The molecule has 1 saturated heterocycles. The van der Waals surface area contributed by atoms with Crippen molar-refractivity contribution >= 4 is 57.0 Å². The summed E-state index contributed by atoms with van der Waals surface area (Å²) >= 11 is 0. The van der Waals surface area contributed by atoms with Gasteiger partial charge in [-0.2, -0.15) is 4.99 Å². The van der Waals surface area contributed by atoms with Crippen LogP contribution < -0.4 is 19.3 Å². The molecule has 1 amide bonds. The van der Waals surface area contributed by atoms with Crippen LogP contribution in [-0.4, -0.2) is 73.0 Å². The first kappa shape index (κ1) is 49.7. The number of amides is 1. The molecule has 2 aliphatic heterocycles. The van der Waals surface area contributed by atoms with E-state index in [-0.39, 0.29) is 90.0 Å². The molecule has 3 heterocycles. The van der Waals surface area contributed by atoms with E-state index in [1.54, 1.807) is 25.7 Å². The number of carbonyl (C=O) groups excluding carboxylic acids is 3. The van der Waals surface area contributed by atoms with Gasteiger partial charge < -0.3 is 29.6 Å². The van der Waals surface area contributed by atoms with E-state index in [1.165, 1.54) is 6.92 Å². The first-order valence-electron chi connectivity index (χ1n) is 20.3. The number of allylic oxidation sites excluding steroid dienone is 2. The second kappa shape index (κ2) is 20.2. The Morgan fingerprint density at radius 1 is 0.898 bits per heavy atom. The van der Waals surface area contributed by atoms with Gasteiger partial charge in [-0.15, -0.1) is 0 Å². The zero-order valence-electron chi connectivity index (χ0n) is 36.7. The molecule has 5 rings (SSSR count). The van der Waals surface area contributed by atoms with Crippen LogP contribution in [0.2, 0.25) is 0 Å². The number of aliphatic hydroxyl groups excluding tert-OH is 1. The van der Waals surface area contributed by atoms with Crippen molar-refractivity contribution in [2.75, 3.05) is 17.7 Å². The maximum absolute atomic E-state index is 13.9. The summed E-state index contributed by atoms with van der Waals surface area (Å²) in [5.41, 5.74) is 2.37. The van der Waals surface area contributed by atoms with Crippen LogP contribution in [0.15, 0.2) is 27.0 Å². The SMILES string of the molecule is CC(=O)O.CC1=C(OC(=O)C2C(C)CC(C)CC2C)C(N=C(O)C(C)NS(C)(=O)=O)=N/C1=C(/C)c1[n-]c(N2CCCC2=O)c(OC(=O)C2C(C)CC(C)CC2C)c1C.[Zn]. The number of hydrogen-bond acceptors (Lipinski definition) is 10. The Morgan fingerprint density at radius 2 is 1.37 bits per heavy atom. The summed E-state index contributed by atoms with van der Waals surface area (Å²) < 4.78 is 38.5. The fourth-order valence-electron chi connectivity index (χ4n) is 9.53. The summed E-state index contributed by atoms with van der Waals surface area (Å²) in [7, 11) is -3.69. The third-order valence-electron chi connectivity index (χ3n) is 11.8. The van der Waals surface area contributed by atoms with Crippen molar-refractivity contribution in [1.29, 1.82) is 0 Å². The largest absolute Gasteiger partial charge is 0.495 e. The molecule has 324 valence electrons. The zero-order valence-corrected chi connectivity index (χ0v) is 40.5. The fraction of sp³-hybridized carbons (Fsp3) is 0.667. The zero-order chi connectivity index (χ0) is 43.5. The van der Waals surface area contributed by atoms with Crippen LogP contribution in [0.25, 0.3) is 5.57 Å². The third-order valence-corrected chi connectivity index (χ3v) is 12.6. The predicted molar refractivity (Wildman–Crippen MR) is 222 cm³/mol. The number of ether oxygens (including phenoxy) is 2. The Labute approximate surface area is 361 Å². The number of amidine groups is 1. The van der Waals surface area contributed by atoms with E-state index < -0.39 is 33.9 Å². The molecule has 2 aliphatic carbocycles. The normalized spacial score (nSPS) is 28.9. The number of esters is 2. The number of nitrogens with one attached hydrogen (secondary N) is 1. The van der Waals surface area contributed by atoms with E-state index in [4.69, 9.17) is 29.4 Å². The number of aromatic nitrogens is 1. The number of hydrogen-bond donors (Lipinski definition) is 3. The molecule has 0 radical (unpaired) electrons. The molecule has 0 spiro atoms. The van der Waals surface area contributed by atoms with E-state index in [2.05, 4.69) is 37.4 Å². The molecule has 1 aromatic rings. The van der Waals surface area contributed by atoms with Gasteiger partial charge in [0.05, 0.1) is 29.8 Å². The minimum Gasteiger partial charge on any atom is -0.495 e. The van der Waals surface area contributed by atoms with Crippen molar-refractivity contribution in [1.82, 2.24) is 9.71 Å². The molecule has 0 bridgehead atoms. The molecule has 4 aliphatic rings. The van der Waals surface area contributed by atoms with E-state index in [9.17, 15) is 27.9 Å². The van der Waals surface area contributed by atoms with E-state index >= 15 is 0 Å². The summed E-state index contributed by atoms with van der Waals surface area (Å²) in [6, 6.07) is -1.09. The van der Waals surface area contributed by atoms with Crippen molar-refractivity contribution in [3.05, 3.63) is 28.3 Å². The van der Waals surface area contributed by atoms with Gasteiger partial charge in [-0.1, -0.05) is 41.5 Å². The molecule has 2 saturated carbocycles. The Kier molecular flexibility index (Phi) is 17.0. The first-order valence-corrected chi connectivity index (χ1v) is 22.2. The summed E-state index contributed by atoms with van der Waals surface area (Å²) in [5, 5.41) is 18.3. The van der Waals surface area contributed by atoms with Crippen molar-refractivity contribution in [3.63, 3.8) is 0 Å². The van der Waals surface area contributed by atoms with Crippen molar-refractivity contribution in [2.24, 2.45) is 57.3 Å². The Balaban J connectivity index is 0.00000178. The van der Waals surface area contributed by atoms with Gasteiger partial charge in [0.2, 0.25) is 15.9 Å². The van der Waals surface area contributed by atoms with Crippen molar-refractivity contribution in [2.45, 2.75) is 121 Å². The first-order chi connectivity index (χ1) is 26.9. The number of carboxylic acid groups (broad SMARTS) is 1. The molecular formula is C42H62N5O10SZn-. The smallest absolute Gasteiger partial charge is 0.315 e. The number of carboxylic acids is 1. The molecule has 1 aromatic heterocycles. The van der Waals surface area contributed by atoms with Crippen LogP contribution >= 0.6 is 0 Å². The Bertz CT molecular complexity index is 1990. The molecule has 59 heavy (non-hydrogen) atoms. The monoisotopic (exact) mass is 892 g/mol. The van der Waals surface area contributed by atoms with E-state index in [0.29, 0.717) is 59.3 Å². The number of aliphatic carboxylic acids is 1. The number of rotatable bonds is 9.